The number of anilines is 1. The van der Waals surface area contributed by atoms with Crippen molar-refractivity contribution in [2.75, 3.05) is 11.9 Å². The number of nitrogens with one attached hydrogen (secondary N) is 1. The van der Waals surface area contributed by atoms with Crippen molar-refractivity contribution >= 4 is 22.5 Å². The van der Waals surface area contributed by atoms with E-state index in [0.29, 0.717) is 5.69 Å². The lowest BCUT2D eigenvalue weighted by molar-refractivity contribution is 0.0989. The average molecular weight is 251 g/mol. The first-order valence-corrected chi connectivity index (χ1v) is 6.09. The van der Waals surface area contributed by atoms with Crippen LogP contribution in [0.15, 0.2) is 60.6 Å². The predicted octanol–water partition coefficient (Wildman–Crippen LogP) is 3.44. The lowest BCUT2D eigenvalue weighted by Crippen LogP contribution is -2.26. The molecule has 19 heavy (non-hydrogen) atoms. The van der Waals surface area contributed by atoms with E-state index in [-0.39, 0.29) is 11.9 Å². The van der Waals surface area contributed by atoms with Gasteiger partial charge in [-0.3, -0.25) is 4.79 Å². The molecule has 3 rings (SSSR count). The number of nitrogens with zero attached hydrogens (tertiary/aromatic N) is 1. The highest BCUT2D eigenvalue weighted by atomic mass is 16.2. The molecule has 0 spiro atoms. The number of benzene rings is 2. The number of amides is 1. The minimum absolute atomic E-state index is 0.211. The first-order valence-electron chi connectivity index (χ1n) is 6.59. The molecule has 94 valence electrons. The van der Waals surface area contributed by atoms with Gasteiger partial charge < -0.3 is 9.88 Å². The molecule has 0 aliphatic heterocycles. The molecule has 1 aromatic heterocycles. The molecule has 2 aromatic carbocycles. The molecule has 0 bridgehead atoms. The number of hydrogen-bond acceptors (Lipinski definition) is 1. The zero-order valence-electron chi connectivity index (χ0n) is 11.6. The third-order valence-electron chi connectivity index (χ3n) is 3.11. The van der Waals surface area contributed by atoms with Gasteiger partial charge in [0.15, 0.2) is 0 Å². The number of rotatable bonds is 2. The van der Waals surface area contributed by atoms with Crippen LogP contribution >= 0.6 is 0 Å². The van der Waals surface area contributed by atoms with E-state index in [0.717, 1.165) is 16.6 Å². The smallest absolute Gasteiger partial charge is 0.274 e. The summed E-state index contributed by atoms with van der Waals surface area (Å²) in [7, 11) is 1.71. The Kier molecular flexibility index (Phi) is 2.52. The number of aromatic amines is 1. The monoisotopic (exact) mass is 251 g/mol. The Morgan fingerprint density at radius 2 is 1.79 bits per heavy atom. The van der Waals surface area contributed by atoms with Crippen LogP contribution in [0.25, 0.3) is 10.9 Å². The van der Waals surface area contributed by atoms with Crippen molar-refractivity contribution in [1.29, 1.82) is 0 Å². The summed E-state index contributed by atoms with van der Waals surface area (Å²) in [5.74, 6) is -0.211. The van der Waals surface area contributed by atoms with Crippen molar-refractivity contribution in [3.63, 3.8) is 0 Å². The molecule has 0 saturated carbocycles. The van der Waals surface area contributed by atoms with Crippen molar-refractivity contribution in [3.8, 4) is 0 Å². The summed E-state index contributed by atoms with van der Waals surface area (Å²) in [6, 6.07) is 17.1. The van der Waals surface area contributed by atoms with Gasteiger partial charge in [0.25, 0.3) is 5.91 Å². The van der Waals surface area contributed by atoms with Crippen LogP contribution in [0, 0.1) is 0 Å². The minimum atomic E-state index is -0.211. The number of para-hydroxylation sites is 2. The second kappa shape index (κ2) is 4.61. The van der Waals surface area contributed by atoms with Crippen LogP contribution in [0.3, 0.4) is 0 Å². The maximum Gasteiger partial charge on any atom is 0.274 e. The summed E-state index contributed by atoms with van der Waals surface area (Å²) >= 11 is 0. The zero-order chi connectivity index (χ0) is 14.1. The molecule has 0 saturated heterocycles. The normalized spacial score (nSPS) is 11.3. The van der Waals surface area contributed by atoms with Gasteiger partial charge in [0, 0.05) is 23.6 Å². The summed E-state index contributed by atoms with van der Waals surface area (Å²) in [4.78, 5) is 17.1. The van der Waals surface area contributed by atoms with E-state index in [2.05, 4.69) is 4.98 Å². The molecular weight excluding hydrogens is 236 g/mol. The summed E-state index contributed by atoms with van der Waals surface area (Å²) in [5, 5.41) is 0.761. The Balaban J connectivity index is 2.03. The van der Waals surface area contributed by atoms with Crippen molar-refractivity contribution in [3.05, 3.63) is 66.3 Å². The standard InChI is InChI=1S/C16H14N2O/c1-18(13-8-3-2-4-9-13)16(19)15-11-12-7-5-6-10-14(12)17-15/h2-11,17H,1H3/i11D. The Hall–Kier alpha value is -2.55. The highest BCUT2D eigenvalue weighted by Gasteiger charge is 2.15. The van der Waals surface area contributed by atoms with Crippen molar-refractivity contribution in [2.24, 2.45) is 0 Å². The number of carbonyl (C=O) groups excluding carboxylic acids is 1. The number of aromatic nitrogens is 1. The first kappa shape index (κ1) is 10.4. The molecular formula is C16H14N2O. The molecule has 3 heteroatoms. The molecule has 3 nitrogen and oxygen atoms in total. The molecule has 3 aromatic rings. The molecule has 0 aliphatic rings. The van der Waals surface area contributed by atoms with E-state index in [9.17, 15) is 4.79 Å². The van der Waals surface area contributed by atoms with Crippen molar-refractivity contribution in [1.82, 2.24) is 4.98 Å². The highest BCUT2D eigenvalue weighted by molar-refractivity contribution is 6.07. The van der Waals surface area contributed by atoms with Crippen molar-refractivity contribution in [2.45, 2.75) is 0 Å². The second-order valence-corrected chi connectivity index (χ2v) is 4.37. The van der Waals surface area contributed by atoms with Crippen molar-refractivity contribution < 1.29 is 6.17 Å². The Morgan fingerprint density at radius 1 is 1.11 bits per heavy atom. The third kappa shape index (κ3) is 2.10. The fourth-order valence-electron chi connectivity index (χ4n) is 2.05. The van der Waals surface area contributed by atoms with Gasteiger partial charge in [0.1, 0.15) is 5.69 Å². The summed E-state index contributed by atoms with van der Waals surface area (Å²) < 4.78 is 8.13. The largest absolute Gasteiger partial charge is 0.351 e. The van der Waals surface area contributed by atoms with Gasteiger partial charge in [0.2, 0.25) is 0 Å². The Bertz CT molecular complexity index is 765. The molecule has 1 heterocycles. The Labute approximate surface area is 112 Å². The minimum Gasteiger partial charge on any atom is -0.351 e. The van der Waals surface area contributed by atoms with E-state index < -0.39 is 0 Å². The van der Waals surface area contributed by atoms with E-state index in [4.69, 9.17) is 1.37 Å². The average Bonchev–Trinajstić information content (AvgIpc) is 2.84. The SMILES string of the molecule is [2H]c1c(C(=O)N(C)c2ccccc2)[nH]c2ccccc12. The zero-order valence-corrected chi connectivity index (χ0v) is 10.6. The fraction of sp³-hybridized carbons (Fsp3) is 0.0625. The molecule has 0 aliphatic carbocycles. The summed E-state index contributed by atoms with van der Waals surface area (Å²) in [6.07, 6.45) is 0. The van der Waals surface area contributed by atoms with Crippen LogP contribution in [-0.2, 0) is 0 Å². The van der Waals surface area contributed by atoms with E-state index in [1.54, 1.807) is 11.9 Å². The van der Waals surface area contributed by atoms with Crippen LogP contribution < -0.4 is 4.90 Å². The van der Waals surface area contributed by atoms with Crippen LogP contribution in [0.2, 0.25) is 0 Å². The second-order valence-electron chi connectivity index (χ2n) is 4.37. The van der Waals surface area contributed by atoms with Gasteiger partial charge in [-0.05, 0) is 24.2 Å². The van der Waals surface area contributed by atoms with Gasteiger partial charge in [-0.2, -0.15) is 0 Å². The molecule has 1 N–H and O–H groups in total. The van der Waals surface area contributed by atoms with Gasteiger partial charge in [-0.1, -0.05) is 36.4 Å². The summed E-state index contributed by atoms with van der Waals surface area (Å²) in [6.45, 7) is 0. The van der Waals surface area contributed by atoms with Gasteiger partial charge >= 0.3 is 0 Å². The third-order valence-corrected chi connectivity index (χ3v) is 3.11. The van der Waals surface area contributed by atoms with Crippen LogP contribution in [0.4, 0.5) is 5.69 Å². The van der Waals surface area contributed by atoms with Gasteiger partial charge in [-0.25, -0.2) is 0 Å². The highest BCUT2D eigenvalue weighted by Crippen LogP contribution is 2.18. The van der Waals surface area contributed by atoms with Crippen LogP contribution in [0.5, 0.6) is 0 Å². The number of hydrogen-bond donors (Lipinski definition) is 1. The lowest BCUT2D eigenvalue weighted by Gasteiger charge is -2.16. The number of carbonyl (C=O) groups is 1. The first-order chi connectivity index (χ1) is 9.68. The number of H-pyrrole nitrogens is 1. The quantitative estimate of drug-likeness (QED) is 0.744. The van der Waals surface area contributed by atoms with E-state index in [1.165, 1.54) is 0 Å². The van der Waals surface area contributed by atoms with Gasteiger partial charge in [0.05, 0.1) is 1.37 Å². The lowest BCUT2D eigenvalue weighted by atomic mass is 10.2. The van der Waals surface area contributed by atoms with Crippen LogP contribution in [0.1, 0.15) is 11.9 Å². The topological polar surface area (TPSA) is 36.1 Å². The fourth-order valence-corrected chi connectivity index (χ4v) is 2.05. The predicted molar refractivity (Wildman–Crippen MR) is 77.5 cm³/mol. The molecule has 0 radical (unpaired) electrons. The van der Waals surface area contributed by atoms with Crippen LogP contribution in [-0.4, -0.2) is 17.9 Å². The van der Waals surface area contributed by atoms with E-state index >= 15 is 0 Å². The van der Waals surface area contributed by atoms with E-state index in [1.807, 2.05) is 54.6 Å². The maximum absolute atomic E-state index is 12.5. The van der Waals surface area contributed by atoms with Gasteiger partial charge in [-0.15, -0.1) is 0 Å². The maximum atomic E-state index is 12.5. The Morgan fingerprint density at radius 3 is 2.53 bits per heavy atom. The number of fused-ring (bicyclic) bond motifs is 1. The summed E-state index contributed by atoms with van der Waals surface area (Å²) in [5.41, 5.74) is 1.93. The molecule has 0 fully saturated rings. The molecule has 1 amide bonds. The molecule has 0 unspecified atom stereocenters. The molecule has 0 atom stereocenters.